The fourth-order valence-corrected chi connectivity index (χ4v) is 2.17. The normalized spacial score (nSPS) is 28.5. The van der Waals surface area contributed by atoms with Crippen molar-refractivity contribution in [2.75, 3.05) is 0 Å². The van der Waals surface area contributed by atoms with Crippen molar-refractivity contribution in [2.45, 2.75) is 24.3 Å². The van der Waals surface area contributed by atoms with Crippen molar-refractivity contribution in [1.29, 1.82) is 0 Å². The van der Waals surface area contributed by atoms with E-state index in [1.54, 1.807) is 0 Å². The summed E-state index contributed by atoms with van der Waals surface area (Å²) in [5, 5.41) is 18.2. The molecule has 0 heterocycles. The number of benzene rings is 1. The molecule has 5 heteroatoms. The molecule has 0 aromatic heterocycles. The highest BCUT2D eigenvalue weighted by Gasteiger charge is 2.50. The Bertz CT molecular complexity index is 441. The first-order chi connectivity index (χ1) is 7.45. The van der Waals surface area contributed by atoms with Gasteiger partial charge in [-0.15, -0.1) is 0 Å². The second-order valence-electron chi connectivity index (χ2n) is 4.22. The van der Waals surface area contributed by atoms with E-state index in [0.29, 0.717) is 18.4 Å². The van der Waals surface area contributed by atoms with Crippen molar-refractivity contribution in [3.8, 4) is 5.75 Å². The Balaban J connectivity index is 2.41. The molecule has 1 aliphatic carbocycles. The molecule has 1 saturated carbocycles. The van der Waals surface area contributed by atoms with Crippen LogP contribution in [-0.2, 0) is 10.2 Å². The molecule has 0 radical (unpaired) electrons. The fourth-order valence-electron chi connectivity index (χ4n) is 2.17. The lowest BCUT2D eigenvalue weighted by atomic mass is 9.62. The van der Waals surface area contributed by atoms with E-state index in [2.05, 4.69) is 0 Å². The summed E-state index contributed by atoms with van der Waals surface area (Å²) in [6.07, 6.45) is 0.596. The Morgan fingerprint density at radius 3 is 2.56 bits per heavy atom. The molecule has 86 valence electrons. The molecule has 0 atom stereocenters. The molecular formula is C11H12FNO3. The molecule has 0 bridgehead atoms. The lowest BCUT2D eigenvalue weighted by molar-refractivity contribution is -0.148. The molecule has 0 spiro atoms. The first-order valence-corrected chi connectivity index (χ1v) is 4.94. The molecule has 1 aromatic rings. The summed E-state index contributed by atoms with van der Waals surface area (Å²) in [4.78, 5) is 11.2. The zero-order valence-electron chi connectivity index (χ0n) is 8.48. The number of phenols is 1. The molecule has 4 N–H and O–H groups in total. The minimum Gasteiger partial charge on any atom is -0.505 e. The van der Waals surface area contributed by atoms with Crippen LogP contribution in [0.2, 0.25) is 0 Å². The fraction of sp³-hybridized carbons (Fsp3) is 0.364. The van der Waals surface area contributed by atoms with Crippen molar-refractivity contribution in [3.05, 3.63) is 29.6 Å². The van der Waals surface area contributed by atoms with Crippen molar-refractivity contribution in [2.24, 2.45) is 5.73 Å². The van der Waals surface area contributed by atoms with Crippen LogP contribution < -0.4 is 5.73 Å². The summed E-state index contributed by atoms with van der Waals surface area (Å²) in [5.41, 5.74) is 4.86. The van der Waals surface area contributed by atoms with Crippen LogP contribution in [0.15, 0.2) is 18.2 Å². The van der Waals surface area contributed by atoms with Crippen LogP contribution in [0.5, 0.6) is 5.75 Å². The molecule has 2 rings (SSSR count). The zero-order valence-corrected chi connectivity index (χ0v) is 8.48. The molecule has 4 nitrogen and oxygen atoms in total. The smallest absolute Gasteiger partial charge is 0.314 e. The van der Waals surface area contributed by atoms with Gasteiger partial charge in [0.05, 0.1) is 5.41 Å². The second kappa shape index (κ2) is 3.45. The van der Waals surface area contributed by atoms with Gasteiger partial charge in [0.2, 0.25) is 0 Å². The first-order valence-electron chi connectivity index (χ1n) is 4.94. The first kappa shape index (κ1) is 10.9. The lowest BCUT2D eigenvalue weighted by Gasteiger charge is -2.43. The van der Waals surface area contributed by atoms with Crippen LogP contribution in [0.25, 0.3) is 0 Å². The summed E-state index contributed by atoms with van der Waals surface area (Å²) >= 11 is 0. The summed E-state index contributed by atoms with van der Waals surface area (Å²) in [6.45, 7) is 0. The molecule has 0 unspecified atom stereocenters. The Morgan fingerprint density at radius 1 is 1.50 bits per heavy atom. The van der Waals surface area contributed by atoms with Crippen molar-refractivity contribution in [1.82, 2.24) is 0 Å². The van der Waals surface area contributed by atoms with Gasteiger partial charge in [-0.25, -0.2) is 4.39 Å². The monoisotopic (exact) mass is 225 g/mol. The number of aliphatic carboxylic acids is 1. The average molecular weight is 225 g/mol. The molecular weight excluding hydrogens is 213 g/mol. The number of halogens is 1. The molecule has 1 aromatic carbocycles. The molecule has 0 saturated heterocycles. The zero-order chi connectivity index (χ0) is 11.9. The third-order valence-corrected chi connectivity index (χ3v) is 3.13. The van der Waals surface area contributed by atoms with Gasteiger partial charge >= 0.3 is 5.97 Å². The van der Waals surface area contributed by atoms with E-state index >= 15 is 0 Å². The second-order valence-corrected chi connectivity index (χ2v) is 4.22. The van der Waals surface area contributed by atoms with Crippen LogP contribution in [0, 0.1) is 5.82 Å². The van der Waals surface area contributed by atoms with E-state index in [-0.39, 0.29) is 6.04 Å². The van der Waals surface area contributed by atoms with Gasteiger partial charge in [-0.05, 0) is 30.5 Å². The highest BCUT2D eigenvalue weighted by atomic mass is 19.1. The molecule has 1 fully saturated rings. The highest BCUT2D eigenvalue weighted by Crippen LogP contribution is 2.44. The third-order valence-electron chi connectivity index (χ3n) is 3.13. The summed E-state index contributed by atoms with van der Waals surface area (Å²) in [6, 6.07) is 3.50. The van der Waals surface area contributed by atoms with Gasteiger partial charge < -0.3 is 15.9 Å². The topological polar surface area (TPSA) is 83.6 Å². The number of hydrogen-bond donors (Lipinski definition) is 3. The number of nitrogens with two attached hydrogens (primary N) is 1. The highest BCUT2D eigenvalue weighted by molar-refractivity contribution is 5.83. The largest absolute Gasteiger partial charge is 0.505 e. The predicted octanol–water partition coefficient (Wildman–Crippen LogP) is 0.975. The third kappa shape index (κ3) is 1.44. The number of hydrogen-bond acceptors (Lipinski definition) is 3. The van der Waals surface area contributed by atoms with Gasteiger partial charge in [0.1, 0.15) is 0 Å². The molecule has 0 amide bonds. The molecule has 1 aliphatic rings. The minimum absolute atomic E-state index is 0.159. The van der Waals surface area contributed by atoms with E-state index in [1.807, 2.05) is 0 Å². The number of aromatic hydroxyl groups is 1. The van der Waals surface area contributed by atoms with E-state index in [9.17, 15) is 14.3 Å². The van der Waals surface area contributed by atoms with Crippen molar-refractivity contribution in [3.63, 3.8) is 0 Å². The van der Waals surface area contributed by atoms with Gasteiger partial charge in [0, 0.05) is 6.04 Å². The van der Waals surface area contributed by atoms with E-state index in [4.69, 9.17) is 10.8 Å². The van der Waals surface area contributed by atoms with E-state index < -0.39 is 23.0 Å². The van der Waals surface area contributed by atoms with E-state index in [0.717, 1.165) is 6.07 Å². The maximum atomic E-state index is 13.2. The Hall–Kier alpha value is -1.62. The summed E-state index contributed by atoms with van der Waals surface area (Å²) in [5.74, 6) is -2.29. The lowest BCUT2D eigenvalue weighted by Crippen LogP contribution is -2.54. The van der Waals surface area contributed by atoms with Gasteiger partial charge in [-0.3, -0.25) is 4.79 Å². The van der Waals surface area contributed by atoms with Gasteiger partial charge in [-0.2, -0.15) is 0 Å². The van der Waals surface area contributed by atoms with Gasteiger partial charge in [0.15, 0.2) is 11.6 Å². The van der Waals surface area contributed by atoms with Crippen LogP contribution in [0.1, 0.15) is 18.4 Å². The van der Waals surface area contributed by atoms with Crippen LogP contribution in [0.4, 0.5) is 4.39 Å². The van der Waals surface area contributed by atoms with E-state index in [1.165, 1.54) is 12.1 Å². The van der Waals surface area contributed by atoms with Crippen LogP contribution >= 0.6 is 0 Å². The average Bonchev–Trinajstić information content (AvgIpc) is 2.17. The standard InChI is InChI=1S/C11H12FNO3/c12-8-3-6(1-2-9(8)14)11(10(15)16)4-7(13)5-11/h1-3,7,14H,4-5,13H2,(H,15,16). The number of rotatable bonds is 2. The van der Waals surface area contributed by atoms with Crippen molar-refractivity contribution >= 4 is 5.97 Å². The molecule has 16 heavy (non-hydrogen) atoms. The van der Waals surface area contributed by atoms with Gasteiger partial charge in [0.25, 0.3) is 0 Å². The summed E-state index contributed by atoms with van der Waals surface area (Å²) < 4.78 is 13.2. The Kier molecular flexibility index (Phi) is 2.35. The van der Waals surface area contributed by atoms with Crippen LogP contribution in [-0.4, -0.2) is 22.2 Å². The van der Waals surface area contributed by atoms with Crippen LogP contribution in [0.3, 0.4) is 0 Å². The summed E-state index contributed by atoms with van der Waals surface area (Å²) in [7, 11) is 0. The minimum atomic E-state index is -1.09. The number of carboxylic acid groups (broad SMARTS) is 1. The van der Waals surface area contributed by atoms with Crippen molar-refractivity contribution < 1.29 is 19.4 Å². The number of carbonyl (C=O) groups is 1. The Labute approximate surface area is 91.5 Å². The van der Waals surface area contributed by atoms with Gasteiger partial charge in [-0.1, -0.05) is 6.07 Å². The predicted molar refractivity (Wildman–Crippen MR) is 54.6 cm³/mol. The number of carboxylic acids is 1. The quantitative estimate of drug-likeness (QED) is 0.700. The maximum Gasteiger partial charge on any atom is 0.314 e. The maximum absolute atomic E-state index is 13.2. The SMILES string of the molecule is NC1CC(C(=O)O)(c2ccc(O)c(F)c2)C1. The molecule has 0 aliphatic heterocycles. The number of phenolic OH excluding ortho intramolecular Hbond substituents is 1. The Morgan fingerprint density at radius 2 is 2.12 bits per heavy atom.